The molecule has 72 valence electrons. The van der Waals surface area contributed by atoms with E-state index in [1.807, 2.05) is 18.2 Å². The van der Waals surface area contributed by atoms with Crippen LogP contribution in [0, 0.1) is 0 Å². The molecule has 0 saturated carbocycles. The highest BCUT2D eigenvalue weighted by Gasteiger charge is 2.05. The summed E-state index contributed by atoms with van der Waals surface area (Å²) in [6.45, 7) is 2.29. The monoisotopic (exact) mass is 180 g/mol. The summed E-state index contributed by atoms with van der Waals surface area (Å²) in [5.41, 5.74) is 2.39. The van der Waals surface area contributed by atoms with Gasteiger partial charge < -0.3 is 9.84 Å². The zero-order valence-electron chi connectivity index (χ0n) is 8.21. The van der Waals surface area contributed by atoms with E-state index in [-0.39, 0.29) is 6.61 Å². The van der Waals surface area contributed by atoms with Gasteiger partial charge in [-0.3, -0.25) is 0 Å². The largest absolute Gasteiger partial charge is 0.496 e. The smallest absolute Gasteiger partial charge is 0.122 e. The van der Waals surface area contributed by atoms with Crippen molar-refractivity contribution in [3.63, 3.8) is 0 Å². The molecule has 2 nitrogen and oxygen atoms in total. The first-order valence-electron chi connectivity index (χ1n) is 4.59. The lowest BCUT2D eigenvalue weighted by Crippen LogP contribution is -1.99. The molecule has 0 heterocycles. The van der Waals surface area contributed by atoms with Gasteiger partial charge in [0.05, 0.1) is 7.11 Å². The minimum Gasteiger partial charge on any atom is -0.496 e. The van der Waals surface area contributed by atoms with E-state index < -0.39 is 0 Å². The van der Waals surface area contributed by atoms with Crippen molar-refractivity contribution in [2.24, 2.45) is 0 Å². The second kappa shape index (κ2) is 4.87. The molecule has 0 unspecified atom stereocenters. The number of benzene rings is 1. The molecule has 0 amide bonds. The van der Waals surface area contributed by atoms with Crippen LogP contribution >= 0.6 is 0 Å². The summed E-state index contributed by atoms with van der Waals surface area (Å²) in [4.78, 5) is 0. The highest BCUT2D eigenvalue weighted by molar-refractivity contribution is 5.40. The third kappa shape index (κ3) is 2.22. The second-order valence-corrected chi connectivity index (χ2v) is 2.93. The molecule has 1 aromatic carbocycles. The van der Waals surface area contributed by atoms with Crippen LogP contribution in [0.4, 0.5) is 0 Å². The van der Waals surface area contributed by atoms with E-state index in [2.05, 4.69) is 6.92 Å². The molecule has 0 aromatic heterocycles. The maximum atomic E-state index is 8.86. The zero-order valence-corrected chi connectivity index (χ0v) is 8.21. The molecule has 13 heavy (non-hydrogen) atoms. The van der Waals surface area contributed by atoms with Gasteiger partial charge in [-0.2, -0.15) is 0 Å². The number of methoxy groups -OCH3 is 1. The standard InChI is InChI=1S/C11H16O2/c1-3-10-9(7-8-12)5-4-6-11(10)13-2/h4-6,12H,3,7-8H2,1-2H3. The molecule has 0 saturated heterocycles. The Bertz CT molecular complexity index is 269. The maximum absolute atomic E-state index is 8.86. The molecule has 0 aliphatic rings. The predicted octanol–water partition coefficient (Wildman–Crippen LogP) is 1.79. The van der Waals surface area contributed by atoms with Gasteiger partial charge in [0, 0.05) is 6.61 Å². The third-order valence-corrected chi connectivity index (χ3v) is 2.18. The molecule has 0 radical (unpaired) electrons. The highest BCUT2D eigenvalue weighted by atomic mass is 16.5. The van der Waals surface area contributed by atoms with Gasteiger partial charge in [0.25, 0.3) is 0 Å². The molecule has 0 fully saturated rings. The van der Waals surface area contributed by atoms with E-state index in [1.54, 1.807) is 7.11 Å². The summed E-state index contributed by atoms with van der Waals surface area (Å²) in [5, 5.41) is 8.86. The van der Waals surface area contributed by atoms with Gasteiger partial charge in [-0.15, -0.1) is 0 Å². The average Bonchev–Trinajstić information content (AvgIpc) is 2.18. The lowest BCUT2D eigenvalue weighted by atomic mass is 10.0. The normalized spacial score (nSPS) is 10.1. The number of aliphatic hydroxyl groups excluding tert-OH is 1. The van der Waals surface area contributed by atoms with Crippen LogP contribution in [-0.2, 0) is 12.8 Å². The zero-order chi connectivity index (χ0) is 9.68. The average molecular weight is 180 g/mol. The van der Waals surface area contributed by atoms with Crippen molar-refractivity contribution in [1.29, 1.82) is 0 Å². The SMILES string of the molecule is CCc1c(CCO)cccc1OC. The lowest BCUT2D eigenvalue weighted by Gasteiger charge is -2.11. The van der Waals surface area contributed by atoms with Crippen molar-refractivity contribution >= 4 is 0 Å². The van der Waals surface area contributed by atoms with Crippen molar-refractivity contribution in [1.82, 2.24) is 0 Å². The van der Waals surface area contributed by atoms with Crippen LogP contribution in [0.25, 0.3) is 0 Å². The summed E-state index contributed by atoms with van der Waals surface area (Å²) in [5.74, 6) is 0.924. The molecule has 1 rings (SSSR count). The fourth-order valence-corrected chi connectivity index (χ4v) is 1.56. The van der Waals surface area contributed by atoms with Crippen molar-refractivity contribution in [2.75, 3.05) is 13.7 Å². The van der Waals surface area contributed by atoms with E-state index in [9.17, 15) is 0 Å². The summed E-state index contributed by atoms with van der Waals surface area (Å²) in [6.07, 6.45) is 1.65. The molecule has 0 bridgehead atoms. The first-order valence-corrected chi connectivity index (χ1v) is 4.59. The fraction of sp³-hybridized carbons (Fsp3) is 0.455. The van der Waals surface area contributed by atoms with Crippen LogP contribution in [0.3, 0.4) is 0 Å². The van der Waals surface area contributed by atoms with E-state index >= 15 is 0 Å². The Morgan fingerprint density at radius 2 is 2.15 bits per heavy atom. The van der Waals surface area contributed by atoms with Crippen LogP contribution in [0.1, 0.15) is 18.1 Å². The first kappa shape index (κ1) is 10.1. The van der Waals surface area contributed by atoms with E-state index in [0.717, 1.165) is 12.2 Å². The number of hydrogen-bond acceptors (Lipinski definition) is 2. The Hall–Kier alpha value is -1.02. The van der Waals surface area contributed by atoms with Gasteiger partial charge in [0.2, 0.25) is 0 Å². The molecule has 1 N–H and O–H groups in total. The quantitative estimate of drug-likeness (QED) is 0.765. The molecule has 2 heteroatoms. The molecule has 0 spiro atoms. The number of rotatable bonds is 4. The van der Waals surface area contributed by atoms with E-state index in [4.69, 9.17) is 9.84 Å². The van der Waals surface area contributed by atoms with Crippen LogP contribution in [0.2, 0.25) is 0 Å². The summed E-state index contributed by atoms with van der Waals surface area (Å²) < 4.78 is 5.24. The van der Waals surface area contributed by atoms with E-state index in [1.165, 1.54) is 11.1 Å². The van der Waals surface area contributed by atoms with Gasteiger partial charge in [0.1, 0.15) is 5.75 Å². The topological polar surface area (TPSA) is 29.5 Å². The van der Waals surface area contributed by atoms with Gasteiger partial charge in [-0.05, 0) is 30.0 Å². The molecular formula is C11H16O2. The predicted molar refractivity (Wildman–Crippen MR) is 53.2 cm³/mol. The minimum atomic E-state index is 0.195. The molecule has 0 atom stereocenters. The van der Waals surface area contributed by atoms with Crippen LogP contribution < -0.4 is 4.74 Å². The Labute approximate surface area is 79.2 Å². The Kier molecular flexibility index (Phi) is 3.77. The molecular weight excluding hydrogens is 164 g/mol. The number of hydrogen-bond donors (Lipinski definition) is 1. The first-order chi connectivity index (χ1) is 6.33. The Morgan fingerprint density at radius 1 is 1.38 bits per heavy atom. The number of ether oxygens (including phenoxy) is 1. The summed E-state index contributed by atoms with van der Waals surface area (Å²) in [6, 6.07) is 5.96. The van der Waals surface area contributed by atoms with Crippen LogP contribution in [0.15, 0.2) is 18.2 Å². The summed E-state index contributed by atoms with van der Waals surface area (Å²) in [7, 11) is 1.68. The van der Waals surface area contributed by atoms with Crippen molar-refractivity contribution in [3.8, 4) is 5.75 Å². The lowest BCUT2D eigenvalue weighted by molar-refractivity contribution is 0.299. The Morgan fingerprint density at radius 3 is 2.69 bits per heavy atom. The van der Waals surface area contributed by atoms with E-state index in [0.29, 0.717) is 6.42 Å². The Balaban J connectivity index is 3.03. The summed E-state index contributed by atoms with van der Waals surface area (Å²) >= 11 is 0. The molecule has 0 aliphatic heterocycles. The molecule has 1 aromatic rings. The highest BCUT2D eigenvalue weighted by Crippen LogP contribution is 2.22. The van der Waals surface area contributed by atoms with Gasteiger partial charge in [0.15, 0.2) is 0 Å². The van der Waals surface area contributed by atoms with Crippen molar-refractivity contribution < 1.29 is 9.84 Å². The van der Waals surface area contributed by atoms with Crippen LogP contribution in [0.5, 0.6) is 5.75 Å². The fourth-order valence-electron chi connectivity index (χ4n) is 1.56. The van der Waals surface area contributed by atoms with Gasteiger partial charge in [-0.25, -0.2) is 0 Å². The second-order valence-electron chi connectivity index (χ2n) is 2.93. The number of aliphatic hydroxyl groups is 1. The maximum Gasteiger partial charge on any atom is 0.122 e. The van der Waals surface area contributed by atoms with Crippen molar-refractivity contribution in [3.05, 3.63) is 29.3 Å². The minimum absolute atomic E-state index is 0.195. The van der Waals surface area contributed by atoms with Crippen LogP contribution in [-0.4, -0.2) is 18.8 Å². The van der Waals surface area contributed by atoms with Gasteiger partial charge in [-0.1, -0.05) is 19.1 Å². The van der Waals surface area contributed by atoms with Gasteiger partial charge >= 0.3 is 0 Å². The third-order valence-electron chi connectivity index (χ3n) is 2.18. The molecule has 0 aliphatic carbocycles. The van der Waals surface area contributed by atoms with Crippen molar-refractivity contribution in [2.45, 2.75) is 19.8 Å².